The van der Waals surface area contributed by atoms with E-state index < -0.39 is 15.6 Å². The molecular formula is C20H19BrN2O3S. The number of hydrogen-bond donors (Lipinski definition) is 1. The van der Waals surface area contributed by atoms with Gasteiger partial charge in [-0.3, -0.25) is 4.98 Å². The van der Waals surface area contributed by atoms with Gasteiger partial charge in [-0.05, 0) is 42.7 Å². The second-order valence-corrected chi connectivity index (χ2v) is 9.62. The monoisotopic (exact) mass is 446 g/mol. The first-order valence-corrected chi connectivity index (χ1v) is 10.9. The van der Waals surface area contributed by atoms with Gasteiger partial charge in [0.05, 0.1) is 10.5 Å². The molecule has 0 unspecified atom stereocenters. The average Bonchev–Trinajstić information content (AvgIpc) is 2.68. The van der Waals surface area contributed by atoms with Crippen molar-refractivity contribution in [1.82, 2.24) is 9.29 Å². The van der Waals surface area contributed by atoms with Crippen molar-refractivity contribution in [3.05, 3.63) is 71.0 Å². The lowest BCUT2D eigenvalue weighted by atomic mass is 9.85. The van der Waals surface area contributed by atoms with Crippen molar-refractivity contribution < 1.29 is 13.5 Å². The number of hydrogen-bond acceptors (Lipinski definition) is 4. The van der Waals surface area contributed by atoms with Crippen LogP contribution in [0.25, 0.3) is 10.8 Å². The number of pyridine rings is 1. The number of halogens is 1. The molecule has 0 amide bonds. The molecule has 1 N–H and O–H groups in total. The second kappa shape index (κ2) is 6.98. The van der Waals surface area contributed by atoms with E-state index in [4.69, 9.17) is 0 Å². The smallest absolute Gasteiger partial charge is 0.243 e. The zero-order valence-corrected chi connectivity index (χ0v) is 16.9. The third kappa shape index (κ3) is 3.40. The normalized spacial score (nSPS) is 17.9. The lowest BCUT2D eigenvalue weighted by Gasteiger charge is -2.38. The number of sulfonamides is 1. The second-order valence-electron chi connectivity index (χ2n) is 6.80. The van der Waals surface area contributed by atoms with E-state index in [0.29, 0.717) is 18.2 Å². The van der Waals surface area contributed by atoms with Crippen LogP contribution >= 0.6 is 15.9 Å². The minimum absolute atomic E-state index is 0.274. The summed E-state index contributed by atoms with van der Waals surface area (Å²) in [5.74, 6) is 0. The van der Waals surface area contributed by atoms with E-state index in [1.165, 1.54) is 4.31 Å². The van der Waals surface area contributed by atoms with Crippen molar-refractivity contribution in [2.75, 3.05) is 13.1 Å². The maximum absolute atomic E-state index is 13.2. The van der Waals surface area contributed by atoms with Crippen molar-refractivity contribution in [3.8, 4) is 0 Å². The van der Waals surface area contributed by atoms with E-state index in [1.54, 1.807) is 30.6 Å². The first-order valence-electron chi connectivity index (χ1n) is 8.71. The maximum Gasteiger partial charge on any atom is 0.243 e. The topological polar surface area (TPSA) is 70.5 Å². The molecule has 0 bridgehead atoms. The minimum atomic E-state index is -3.64. The molecule has 0 saturated carbocycles. The number of fused-ring (bicyclic) bond motifs is 1. The molecule has 4 rings (SSSR count). The Hall–Kier alpha value is -1.80. The van der Waals surface area contributed by atoms with Crippen LogP contribution in [0.5, 0.6) is 0 Å². The molecule has 1 aromatic heterocycles. The van der Waals surface area contributed by atoms with Crippen molar-refractivity contribution in [1.29, 1.82) is 0 Å². The van der Waals surface area contributed by atoms with Crippen molar-refractivity contribution >= 4 is 36.7 Å². The van der Waals surface area contributed by atoms with E-state index in [9.17, 15) is 13.5 Å². The molecule has 5 nitrogen and oxygen atoms in total. The molecule has 1 fully saturated rings. The Morgan fingerprint density at radius 1 is 1.04 bits per heavy atom. The summed E-state index contributed by atoms with van der Waals surface area (Å²) < 4.78 is 28.8. The van der Waals surface area contributed by atoms with Crippen LogP contribution < -0.4 is 0 Å². The van der Waals surface area contributed by atoms with Gasteiger partial charge in [0.2, 0.25) is 10.0 Å². The summed E-state index contributed by atoms with van der Waals surface area (Å²) in [7, 11) is -3.64. The number of benzene rings is 2. The highest BCUT2D eigenvalue weighted by atomic mass is 79.9. The summed E-state index contributed by atoms with van der Waals surface area (Å²) in [6.07, 6.45) is 3.99. The number of piperidine rings is 1. The van der Waals surface area contributed by atoms with E-state index in [0.717, 1.165) is 15.4 Å². The molecule has 1 saturated heterocycles. The summed E-state index contributed by atoms with van der Waals surface area (Å²) in [6.45, 7) is 0.548. The van der Waals surface area contributed by atoms with Crippen molar-refractivity contribution in [2.45, 2.75) is 23.3 Å². The van der Waals surface area contributed by atoms with Crippen LogP contribution in [0, 0.1) is 0 Å². The Morgan fingerprint density at radius 2 is 1.74 bits per heavy atom. The molecule has 0 aliphatic carbocycles. The molecule has 2 aromatic carbocycles. The predicted octanol–water partition coefficient (Wildman–Crippen LogP) is 3.67. The largest absolute Gasteiger partial charge is 0.385 e. The molecule has 3 aromatic rings. The van der Waals surface area contributed by atoms with Gasteiger partial charge in [-0.1, -0.05) is 40.2 Å². The number of aliphatic hydroxyl groups is 1. The van der Waals surface area contributed by atoms with Gasteiger partial charge in [-0.15, -0.1) is 0 Å². The van der Waals surface area contributed by atoms with Crippen LogP contribution in [0.1, 0.15) is 18.4 Å². The molecular weight excluding hydrogens is 428 g/mol. The van der Waals surface area contributed by atoms with E-state index in [-0.39, 0.29) is 18.0 Å². The predicted molar refractivity (Wildman–Crippen MR) is 108 cm³/mol. The lowest BCUT2D eigenvalue weighted by molar-refractivity contribution is -0.00961. The Labute approximate surface area is 166 Å². The zero-order valence-electron chi connectivity index (χ0n) is 14.5. The molecule has 0 atom stereocenters. The van der Waals surface area contributed by atoms with Gasteiger partial charge in [0.1, 0.15) is 0 Å². The third-order valence-corrected chi connectivity index (χ3v) is 7.68. The van der Waals surface area contributed by atoms with Gasteiger partial charge < -0.3 is 5.11 Å². The van der Waals surface area contributed by atoms with E-state index >= 15 is 0 Å². The molecule has 140 valence electrons. The highest BCUT2D eigenvalue weighted by Gasteiger charge is 2.38. The third-order valence-electron chi connectivity index (χ3n) is 5.19. The van der Waals surface area contributed by atoms with Gasteiger partial charge in [-0.25, -0.2) is 8.42 Å². The quantitative estimate of drug-likeness (QED) is 0.665. The average molecular weight is 447 g/mol. The number of aromatic nitrogens is 1. The van der Waals surface area contributed by atoms with Crippen LogP contribution in [0.15, 0.2) is 70.3 Å². The summed E-state index contributed by atoms with van der Waals surface area (Å²) >= 11 is 3.39. The fraction of sp³-hybridized carbons (Fsp3) is 0.250. The number of nitrogens with zero attached hydrogens (tertiary/aromatic N) is 2. The molecule has 7 heteroatoms. The van der Waals surface area contributed by atoms with Crippen LogP contribution in [0.3, 0.4) is 0 Å². The summed E-state index contributed by atoms with van der Waals surface area (Å²) in [5, 5.41) is 12.5. The fourth-order valence-electron chi connectivity index (χ4n) is 3.60. The van der Waals surface area contributed by atoms with E-state index in [2.05, 4.69) is 20.9 Å². The van der Waals surface area contributed by atoms with Crippen LogP contribution in [-0.4, -0.2) is 35.9 Å². The Morgan fingerprint density at radius 3 is 2.44 bits per heavy atom. The molecule has 0 spiro atoms. The summed E-state index contributed by atoms with van der Waals surface area (Å²) in [5.41, 5.74) is -0.186. The highest BCUT2D eigenvalue weighted by molar-refractivity contribution is 9.10. The van der Waals surface area contributed by atoms with Crippen LogP contribution in [0.4, 0.5) is 0 Å². The Kier molecular flexibility index (Phi) is 4.80. The summed E-state index contributed by atoms with van der Waals surface area (Å²) in [4.78, 5) is 4.35. The minimum Gasteiger partial charge on any atom is -0.385 e. The van der Waals surface area contributed by atoms with Crippen molar-refractivity contribution in [2.24, 2.45) is 0 Å². The molecule has 27 heavy (non-hydrogen) atoms. The van der Waals surface area contributed by atoms with Gasteiger partial charge in [0.25, 0.3) is 0 Å². The first-order chi connectivity index (χ1) is 12.9. The van der Waals surface area contributed by atoms with Gasteiger partial charge in [0, 0.05) is 40.7 Å². The molecule has 1 aliphatic rings. The first kappa shape index (κ1) is 18.6. The van der Waals surface area contributed by atoms with Crippen LogP contribution in [0.2, 0.25) is 0 Å². The van der Waals surface area contributed by atoms with Crippen LogP contribution in [-0.2, 0) is 15.6 Å². The number of rotatable bonds is 3. The molecule has 0 radical (unpaired) electrons. The maximum atomic E-state index is 13.2. The van der Waals surface area contributed by atoms with Gasteiger partial charge in [0.15, 0.2) is 0 Å². The van der Waals surface area contributed by atoms with Gasteiger partial charge in [-0.2, -0.15) is 4.31 Å². The molecule has 2 heterocycles. The standard InChI is InChI=1S/C20H19BrN2O3S/c21-17-6-4-16(5-7-17)20(24)9-12-23(13-10-20)27(25,26)19-3-1-2-15-14-22-11-8-18(15)19/h1-8,11,14,24H,9-10,12-13H2. The Balaban J connectivity index is 1.61. The van der Waals surface area contributed by atoms with Crippen molar-refractivity contribution in [3.63, 3.8) is 0 Å². The van der Waals surface area contributed by atoms with Gasteiger partial charge >= 0.3 is 0 Å². The molecule has 1 aliphatic heterocycles. The van der Waals surface area contributed by atoms with E-state index in [1.807, 2.05) is 30.3 Å². The Bertz CT molecular complexity index is 1070. The SMILES string of the molecule is O=S(=O)(c1cccc2cnccc12)N1CCC(O)(c2ccc(Br)cc2)CC1. The fourth-order valence-corrected chi connectivity index (χ4v) is 5.52. The highest BCUT2D eigenvalue weighted by Crippen LogP contribution is 2.36. The lowest BCUT2D eigenvalue weighted by Crippen LogP contribution is -2.45. The zero-order chi connectivity index (χ0) is 19.1. The summed E-state index contributed by atoms with van der Waals surface area (Å²) in [6, 6.07) is 14.5.